The number of likely N-dealkylation sites (N-methyl/N-ethyl adjacent to an activating group) is 1. The monoisotopic (exact) mass is 588 g/mol. The van der Waals surface area contributed by atoms with E-state index in [0.717, 1.165) is 86.5 Å². The molecule has 232 valence electrons. The number of piperazine rings is 1. The SMILES string of the molecule is CCN(C(=O)C1CCCC1)c1cc(-c2ccnc(N3CCN(C)CC3)c2)cc(C(=O)NCC2C(=O)NC(C)CC2C)c1C. The number of nitrogens with zero attached hydrogens (tertiary/aromatic N) is 4. The molecule has 3 aliphatic rings. The Hall–Kier alpha value is -3.46. The number of nitrogens with one attached hydrogen (secondary N) is 2. The second kappa shape index (κ2) is 13.5. The average molecular weight is 589 g/mol. The van der Waals surface area contributed by atoms with Gasteiger partial charge < -0.3 is 25.3 Å². The van der Waals surface area contributed by atoms with Gasteiger partial charge in [0, 0.05) is 68.7 Å². The van der Waals surface area contributed by atoms with E-state index in [1.807, 2.05) is 44.0 Å². The molecule has 2 aromatic rings. The Bertz CT molecular complexity index is 1330. The number of benzene rings is 1. The number of piperidine rings is 1. The third-order valence-electron chi connectivity index (χ3n) is 9.73. The van der Waals surface area contributed by atoms with Crippen LogP contribution < -0.4 is 20.4 Å². The maximum absolute atomic E-state index is 13.8. The van der Waals surface area contributed by atoms with E-state index < -0.39 is 0 Å². The smallest absolute Gasteiger partial charge is 0.251 e. The van der Waals surface area contributed by atoms with Crippen LogP contribution in [0.3, 0.4) is 0 Å². The van der Waals surface area contributed by atoms with Crippen molar-refractivity contribution in [3.05, 3.63) is 41.6 Å². The number of rotatable bonds is 8. The van der Waals surface area contributed by atoms with Crippen LogP contribution in [-0.4, -0.2) is 80.0 Å². The predicted octanol–water partition coefficient (Wildman–Crippen LogP) is 4.24. The zero-order valence-electron chi connectivity index (χ0n) is 26.5. The summed E-state index contributed by atoms with van der Waals surface area (Å²) in [6.45, 7) is 12.6. The highest BCUT2D eigenvalue weighted by Crippen LogP contribution is 2.35. The maximum Gasteiger partial charge on any atom is 0.251 e. The molecule has 1 aliphatic carbocycles. The summed E-state index contributed by atoms with van der Waals surface area (Å²) in [7, 11) is 2.13. The second-order valence-corrected chi connectivity index (χ2v) is 12.9. The van der Waals surface area contributed by atoms with Crippen LogP contribution in [0, 0.1) is 24.7 Å². The van der Waals surface area contributed by atoms with Gasteiger partial charge in [0.1, 0.15) is 5.82 Å². The topological polar surface area (TPSA) is 97.9 Å². The molecule has 0 spiro atoms. The van der Waals surface area contributed by atoms with Gasteiger partial charge in [-0.15, -0.1) is 0 Å². The minimum atomic E-state index is -0.273. The van der Waals surface area contributed by atoms with Gasteiger partial charge in [-0.1, -0.05) is 19.8 Å². The molecule has 9 heteroatoms. The predicted molar refractivity (Wildman–Crippen MR) is 171 cm³/mol. The molecule has 5 rings (SSSR count). The lowest BCUT2D eigenvalue weighted by molar-refractivity contribution is -0.129. The number of amides is 3. The van der Waals surface area contributed by atoms with E-state index in [1.54, 1.807) is 0 Å². The Labute approximate surface area is 256 Å². The van der Waals surface area contributed by atoms with Crippen LogP contribution in [-0.2, 0) is 9.59 Å². The minimum Gasteiger partial charge on any atom is -0.354 e. The Balaban J connectivity index is 1.49. The highest BCUT2D eigenvalue weighted by molar-refractivity contribution is 6.02. The van der Waals surface area contributed by atoms with Crippen LogP contribution in [0.5, 0.6) is 0 Å². The molecule has 1 saturated carbocycles. The van der Waals surface area contributed by atoms with Crippen molar-refractivity contribution in [1.82, 2.24) is 20.5 Å². The van der Waals surface area contributed by atoms with Gasteiger partial charge in [0.25, 0.3) is 5.91 Å². The van der Waals surface area contributed by atoms with E-state index >= 15 is 0 Å². The Kier molecular flexibility index (Phi) is 9.69. The zero-order valence-corrected chi connectivity index (χ0v) is 26.5. The van der Waals surface area contributed by atoms with Gasteiger partial charge in [0.2, 0.25) is 11.8 Å². The fourth-order valence-electron chi connectivity index (χ4n) is 7.01. The van der Waals surface area contributed by atoms with E-state index in [2.05, 4.69) is 51.5 Å². The van der Waals surface area contributed by atoms with Crippen molar-refractivity contribution >= 4 is 29.2 Å². The minimum absolute atomic E-state index is 0.00903. The number of aromatic nitrogens is 1. The van der Waals surface area contributed by atoms with E-state index in [-0.39, 0.29) is 48.1 Å². The van der Waals surface area contributed by atoms with E-state index in [4.69, 9.17) is 0 Å². The molecule has 0 bridgehead atoms. The number of carbonyl (C=O) groups excluding carboxylic acids is 3. The molecule has 0 radical (unpaired) electrons. The van der Waals surface area contributed by atoms with Crippen LogP contribution in [0.1, 0.15) is 68.8 Å². The number of pyridine rings is 1. The van der Waals surface area contributed by atoms with Crippen LogP contribution >= 0.6 is 0 Å². The normalized spacial score (nSPS) is 23.2. The van der Waals surface area contributed by atoms with E-state index in [1.165, 1.54) is 0 Å². The van der Waals surface area contributed by atoms with Crippen LogP contribution in [0.2, 0.25) is 0 Å². The van der Waals surface area contributed by atoms with Crippen molar-refractivity contribution in [2.75, 3.05) is 56.1 Å². The van der Waals surface area contributed by atoms with Gasteiger partial charge in [0.15, 0.2) is 0 Å². The standard InChI is InChI=1S/C34H48N6O3/c1-6-40(34(43)25-9-7-8-10-25)30-19-27(26-11-12-35-31(20-26)39-15-13-38(5)14-16-39)18-28(24(30)4)32(41)36-21-29-22(2)17-23(3)37-33(29)42/h11-12,18-20,22-23,25,29H,6-10,13-17,21H2,1-5H3,(H,36,41)(H,37,42). The lowest BCUT2D eigenvalue weighted by Crippen LogP contribution is -2.50. The first-order valence-electron chi connectivity index (χ1n) is 16.1. The molecular formula is C34H48N6O3. The largest absolute Gasteiger partial charge is 0.354 e. The van der Waals surface area contributed by atoms with Gasteiger partial charge >= 0.3 is 0 Å². The summed E-state index contributed by atoms with van der Waals surface area (Å²) in [6.07, 6.45) is 6.71. The maximum atomic E-state index is 13.8. The summed E-state index contributed by atoms with van der Waals surface area (Å²) in [5, 5.41) is 6.09. The third kappa shape index (κ3) is 6.87. The van der Waals surface area contributed by atoms with Crippen molar-refractivity contribution in [2.24, 2.45) is 17.8 Å². The van der Waals surface area contributed by atoms with Crippen molar-refractivity contribution in [2.45, 2.75) is 65.8 Å². The lowest BCUT2D eigenvalue weighted by Gasteiger charge is -2.33. The number of hydrogen-bond donors (Lipinski definition) is 2. The Morgan fingerprint density at radius 1 is 1.07 bits per heavy atom. The van der Waals surface area contributed by atoms with Crippen molar-refractivity contribution < 1.29 is 14.4 Å². The van der Waals surface area contributed by atoms with Gasteiger partial charge in [-0.25, -0.2) is 4.98 Å². The molecule has 2 saturated heterocycles. The first-order chi connectivity index (χ1) is 20.7. The number of carbonyl (C=O) groups is 3. The average Bonchev–Trinajstić information content (AvgIpc) is 3.53. The molecule has 3 fully saturated rings. The third-order valence-corrected chi connectivity index (χ3v) is 9.73. The molecule has 1 aromatic heterocycles. The van der Waals surface area contributed by atoms with Crippen molar-refractivity contribution in [3.63, 3.8) is 0 Å². The second-order valence-electron chi connectivity index (χ2n) is 12.9. The molecular weight excluding hydrogens is 540 g/mol. The first-order valence-corrected chi connectivity index (χ1v) is 16.1. The molecule has 9 nitrogen and oxygen atoms in total. The summed E-state index contributed by atoms with van der Waals surface area (Å²) < 4.78 is 0. The van der Waals surface area contributed by atoms with Crippen LogP contribution in [0.25, 0.3) is 11.1 Å². The lowest BCUT2D eigenvalue weighted by atomic mass is 9.84. The molecule has 2 aliphatic heterocycles. The Morgan fingerprint density at radius 3 is 2.47 bits per heavy atom. The molecule has 3 unspecified atom stereocenters. The van der Waals surface area contributed by atoms with Crippen LogP contribution in [0.4, 0.5) is 11.5 Å². The van der Waals surface area contributed by atoms with Crippen molar-refractivity contribution in [3.8, 4) is 11.1 Å². The Morgan fingerprint density at radius 2 is 1.79 bits per heavy atom. The van der Waals surface area contributed by atoms with E-state index in [9.17, 15) is 14.4 Å². The summed E-state index contributed by atoms with van der Waals surface area (Å²) in [6, 6.07) is 8.19. The fraction of sp³-hybridized carbons (Fsp3) is 0.588. The summed E-state index contributed by atoms with van der Waals surface area (Å²) in [5.41, 5.74) is 3.91. The van der Waals surface area contributed by atoms with Crippen LogP contribution in [0.15, 0.2) is 30.5 Å². The fourth-order valence-corrected chi connectivity index (χ4v) is 7.01. The first kappa shape index (κ1) is 31.0. The molecule has 3 amide bonds. The molecule has 3 atom stereocenters. The highest BCUT2D eigenvalue weighted by atomic mass is 16.2. The van der Waals surface area contributed by atoms with Gasteiger partial charge in [-0.3, -0.25) is 14.4 Å². The molecule has 2 N–H and O–H groups in total. The quantitative estimate of drug-likeness (QED) is 0.479. The van der Waals surface area contributed by atoms with E-state index in [0.29, 0.717) is 12.1 Å². The number of hydrogen-bond acceptors (Lipinski definition) is 6. The number of anilines is 2. The van der Waals surface area contributed by atoms with Gasteiger partial charge in [0.05, 0.1) is 5.92 Å². The summed E-state index contributed by atoms with van der Waals surface area (Å²) in [4.78, 5) is 51.4. The van der Waals surface area contributed by atoms with Gasteiger partial charge in [-0.05, 0) is 94.0 Å². The molecule has 3 heterocycles. The molecule has 43 heavy (non-hydrogen) atoms. The summed E-state index contributed by atoms with van der Waals surface area (Å²) in [5.74, 6) is 0.754. The van der Waals surface area contributed by atoms with Crippen molar-refractivity contribution in [1.29, 1.82) is 0 Å². The molecule has 1 aromatic carbocycles. The summed E-state index contributed by atoms with van der Waals surface area (Å²) >= 11 is 0. The van der Waals surface area contributed by atoms with Gasteiger partial charge in [-0.2, -0.15) is 0 Å². The highest BCUT2D eigenvalue weighted by Gasteiger charge is 2.33. The zero-order chi connectivity index (χ0) is 30.7.